The molecule has 0 unspecified atom stereocenters. The Morgan fingerprint density at radius 3 is 2.44 bits per heavy atom. The smallest absolute Gasteiger partial charge is 0.410 e. The Morgan fingerprint density at radius 1 is 1.28 bits per heavy atom. The number of rotatable bonds is 4. The van der Waals surface area contributed by atoms with Gasteiger partial charge < -0.3 is 20.1 Å². The first-order chi connectivity index (χ1) is 11.7. The van der Waals surface area contributed by atoms with Crippen molar-refractivity contribution in [1.29, 1.82) is 0 Å². The summed E-state index contributed by atoms with van der Waals surface area (Å²) < 4.78 is 11.2. The van der Waals surface area contributed by atoms with Gasteiger partial charge in [-0.05, 0) is 63.1 Å². The number of anilines is 1. The summed E-state index contributed by atoms with van der Waals surface area (Å²) in [7, 11) is 0. The van der Waals surface area contributed by atoms with Crippen LogP contribution >= 0.6 is 0 Å². The fourth-order valence-corrected chi connectivity index (χ4v) is 2.93. The molecule has 0 aromatic heterocycles. The number of likely N-dealkylation sites (tertiary alicyclic amines) is 1. The summed E-state index contributed by atoms with van der Waals surface area (Å²) in [5, 5.41) is 0. The van der Waals surface area contributed by atoms with Crippen LogP contribution in [0.5, 0.6) is 5.75 Å². The van der Waals surface area contributed by atoms with Crippen molar-refractivity contribution in [2.75, 3.05) is 25.4 Å². The molecule has 0 saturated carbocycles. The number of nitrogen functional groups attached to an aromatic ring is 1. The summed E-state index contributed by atoms with van der Waals surface area (Å²) in [6, 6.07) is 6.08. The molecule has 1 saturated heterocycles. The van der Waals surface area contributed by atoms with Gasteiger partial charge in [-0.2, -0.15) is 0 Å². The predicted molar refractivity (Wildman–Crippen MR) is 101 cm³/mol. The molecule has 1 aliphatic heterocycles. The van der Waals surface area contributed by atoms with Crippen molar-refractivity contribution >= 4 is 11.8 Å². The third-order valence-electron chi connectivity index (χ3n) is 4.22. The lowest BCUT2D eigenvalue weighted by molar-refractivity contribution is 0.0205. The van der Waals surface area contributed by atoms with Gasteiger partial charge in [0.1, 0.15) is 11.4 Å². The van der Waals surface area contributed by atoms with E-state index in [0.29, 0.717) is 37.2 Å². The van der Waals surface area contributed by atoms with Gasteiger partial charge in [-0.25, -0.2) is 4.79 Å². The third-order valence-corrected chi connectivity index (χ3v) is 4.22. The lowest BCUT2D eigenvalue weighted by atomic mass is 9.89. The summed E-state index contributed by atoms with van der Waals surface area (Å²) in [5.74, 6) is 1.64. The van der Waals surface area contributed by atoms with Crippen LogP contribution in [0.4, 0.5) is 10.5 Å². The van der Waals surface area contributed by atoms with E-state index >= 15 is 0 Å². The standard InChI is InChI=1S/C20H32N2O3/c1-14(2)13-24-18-7-6-16(12-17(18)21)15-8-10-22(11-9-15)19(23)25-20(3,4)5/h6-7,12,14-15H,8-11,13,21H2,1-5H3. The average molecular weight is 348 g/mol. The largest absolute Gasteiger partial charge is 0.491 e. The fraction of sp³-hybridized carbons (Fsp3) is 0.650. The highest BCUT2D eigenvalue weighted by Crippen LogP contribution is 2.33. The van der Waals surface area contributed by atoms with Gasteiger partial charge in [0, 0.05) is 13.1 Å². The van der Waals surface area contributed by atoms with Crippen LogP contribution in [0.25, 0.3) is 0 Å². The number of benzene rings is 1. The molecule has 0 spiro atoms. The van der Waals surface area contributed by atoms with Crippen LogP contribution in [-0.2, 0) is 4.74 Å². The molecule has 1 fully saturated rings. The van der Waals surface area contributed by atoms with Gasteiger partial charge in [-0.3, -0.25) is 0 Å². The maximum absolute atomic E-state index is 12.1. The topological polar surface area (TPSA) is 64.8 Å². The molecule has 5 nitrogen and oxygen atoms in total. The first kappa shape index (κ1) is 19.4. The van der Waals surface area contributed by atoms with Gasteiger partial charge in [0.05, 0.1) is 12.3 Å². The van der Waals surface area contributed by atoms with Gasteiger partial charge in [-0.15, -0.1) is 0 Å². The minimum absolute atomic E-state index is 0.220. The summed E-state index contributed by atoms with van der Waals surface area (Å²) in [5.41, 5.74) is 7.61. The zero-order chi connectivity index (χ0) is 18.6. The van der Waals surface area contributed by atoms with Gasteiger partial charge in [-0.1, -0.05) is 19.9 Å². The van der Waals surface area contributed by atoms with Crippen molar-refractivity contribution in [3.63, 3.8) is 0 Å². The fourth-order valence-electron chi connectivity index (χ4n) is 2.93. The van der Waals surface area contributed by atoms with Gasteiger partial charge in [0.2, 0.25) is 0 Å². The molecule has 5 heteroatoms. The number of hydrogen-bond acceptors (Lipinski definition) is 4. The zero-order valence-electron chi connectivity index (χ0n) is 16.2. The van der Waals surface area contributed by atoms with Crippen LogP contribution < -0.4 is 10.5 Å². The van der Waals surface area contributed by atoms with E-state index in [2.05, 4.69) is 19.9 Å². The van der Waals surface area contributed by atoms with E-state index in [1.165, 1.54) is 5.56 Å². The number of carbonyl (C=O) groups is 1. The third kappa shape index (κ3) is 5.83. The minimum Gasteiger partial charge on any atom is -0.491 e. The molecule has 2 N–H and O–H groups in total. The lowest BCUT2D eigenvalue weighted by Gasteiger charge is -2.33. The average Bonchev–Trinajstić information content (AvgIpc) is 2.52. The molecule has 0 atom stereocenters. The van der Waals surface area contributed by atoms with Gasteiger partial charge in [0.25, 0.3) is 0 Å². The highest BCUT2D eigenvalue weighted by molar-refractivity contribution is 5.68. The number of piperidine rings is 1. The molecule has 0 aliphatic carbocycles. The van der Waals surface area contributed by atoms with E-state index in [1.807, 2.05) is 32.9 Å². The van der Waals surface area contributed by atoms with Crippen molar-refractivity contribution in [2.45, 2.75) is 59.0 Å². The van der Waals surface area contributed by atoms with E-state index in [4.69, 9.17) is 15.2 Å². The number of hydrogen-bond donors (Lipinski definition) is 1. The van der Waals surface area contributed by atoms with E-state index < -0.39 is 5.60 Å². The Hall–Kier alpha value is -1.91. The Balaban J connectivity index is 1.92. The normalized spacial score (nSPS) is 16.2. The van der Waals surface area contributed by atoms with Crippen LogP contribution in [0.3, 0.4) is 0 Å². The van der Waals surface area contributed by atoms with Crippen LogP contribution in [0.1, 0.15) is 58.9 Å². The molecule has 0 bridgehead atoms. The maximum Gasteiger partial charge on any atom is 0.410 e. The van der Waals surface area contributed by atoms with E-state index in [1.54, 1.807) is 4.90 Å². The van der Waals surface area contributed by atoms with Crippen molar-refractivity contribution in [2.24, 2.45) is 5.92 Å². The monoisotopic (exact) mass is 348 g/mol. The molecular weight excluding hydrogens is 316 g/mol. The molecule has 1 amide bonds. The van der Waals surface area contributed by atoms with Crippen molar-refractivity contribution < 1.29 is 14.3 Å². The highest BCUT2D eigenvalue weighted by Gasteiger charge is 2.27. The second kappa shape index (κ2) is 7.98. The molecule has 1 heterocycles. The molecule has 1 aliphatic rings. The number of amides is 1. The maximum atomic E-state index is 12.1. The quantitative estimate of drug-likeness (QED) is 0.818. The van der Waals surface area contributed by atoms with Crippen molar-refractivity contribution in [3.05, 3.63) is 23.8 Å². The second-order valence-corrected chi connectivity index (χ2v) is 8.24. The summed E-state index contributed by atoms with van der Waals surface area (Å²) >= 11 is 0. The molecule has 0 radical (unpaired) electrons. The lowest BCUT2D eigenvalue weighted by Crippen LogP contribution is -2.41. The van der Waals surface area contributed by atoms with Gasteiger partial charge >= 0.3 is 6.09 Å². The van der Waals surface area contributed by atoms with E-state index in [9.17, 15) is 4.79 Å². The Kier molecular flexibility index (Phi) is 6.20. The van der Waals surface area contributed by atoms with E-state index in [-0.39, 0.29) is 6.09 Å². The Bertz CT molecular complexity index is 585. The zero-order valence-corrected chi connectivity index (χ0v) is 16.2. The van der Waals surface area contributed by atoms with E-state index in [0.717, 1.165) is 18.6 Å². The number of ether oxygens (including phenoxy) is 2. The van der Waals surface area contributed by atoms with Crippen LogP contribution in [0.15, 0.2) is 18.2 Å². The summed E-state index contributed by atoms with van der Waals surface area (Å²) in [6.07, 6.45) is 1.62. The molecule has 2 rings (SSSR count). The van der Waals surface area contributed by atoms with Crippen LogP contribution in [0, 0.1) is 5.92 Å². The molecule has 25 heavy (non-hydrogen) atoms. The molecule has 1 aromatic carbocycles. The first-order valence-corrected chi connectivity index (χ1v) is 9.16. The molecule has 140 valence electrons. The van der Waals surface area contributed by atoms with Crippen molar-refractivity contribution in [1.82, 2.24) is 4.90 Å². The number of nitrogens with zero attached hydrogens (tertiary/aromatic N) is 1. The molecular formula is C20H32N2O3. The summed E-state index contributed by atoms with van der Waals surface area (Å²) in [4.78, 5) is 13.9. The molecule has 1 aromatic rings. The van der Waals surface area contributed by atoms with Crippen molar-refractivity contribution in [3.8, 4) is 5.75 Å². The Labute approximate surface area is 151 Å². The first-order valence-electron chi connectivity index (χ1n) is 9.16. The minimum atomic E-state index is -0.450. The second-order valence-electron chi connectivity index (χ2n) is 8.24. The number of nitrogens with two attached hydrogens (primary N) is 1. The number of carbonyl (C=O) groups excluding carboxylic acids is 1. The predicted octanol–water partition coefficient (Wildman–Crippen LogP) is 4.42. The summed E-state index contributed by atoms with van der Waals surface area (Å²) in [6.45, 7) is 12.0. The Morgan fingerprint density at radius 2 is 1.92 bits per heavy atom. The SMILES string of the molecule is CC(C)COc1ccc(C2CCN(C(=O)OC(C)(C)C)CC2)cc1N. The van der Waals surface area contributed by atoms with Crippen LogP contribution in [-0.4, -0.2) is 36.3 Å². The van der Waals surface area contributed by atoms with Crippen LogP contribution in [0.2, 0.25) is 0 Å². The highest BCUT2D eigenvalue weighted by atomic mass is 16.6. The van der Waals surface area contributed by atoms with Gasteiger partial charge in [0.15, 0.2) is 0 Å².